The van der Waals surface area contributed by atoms with Gasteiger partial charge in [-0.2, -0.15) is 5.10 Å². The average Bonchev–Trinajstić information content (AvgIpc) is 2.88. The second kappa shape index (κ2) is 7.68. The largest absolute Gasteiger partial charge is 0.359 e. The Hall–Kier alpha value is -2.05. The maximum absolute atomic E-state index is 12.7. The summed E-state index contributed by atoms with van der Waals surface area (Å²) in [5, 5.41) is 8.22. The van der Waals surface area contributed by atoms with E-state index in [1.807, 2.05) is 46.0 Å². The van der Waals surface area contributed by atoms with E-state index in [0.29, 0.717) is 0 Å². The van der Waals surface area contributed by atoms with Gasteiger partial charge in [0.1, 0.15) is 0 Å². The second-order valence-electron chi connectivity index (χ2n) is 6.98. The first-order chi connectivity index (χ1) is 12.4. The van der Waals surface area contributed by atoms with Crippen molar-refractivity contribution in [3.63, 3.8) is 0 Å². The van der Waals surface area contributed by atoms with Crippen molar-refractivity contribution in [3.05, 3.63) is 40.7 Å². The zero-order valence-corrected chi connectivity index (χ0v) is 16.6. The molecule has 2 heterocycles. The third kappa shape index (κ3) is 3.71. The van der Waals surface area contributed by atoms with Crippen molar-refractivity contribution in [3.8, 4) is 0 Å². The van der Waals surface area contributed by atoms with Crippen LogP contribution in [0.2, 0.25) is 5.02 Å². The maximum Gasteiger partial charge on any atom is 0.282 e. The van der Waals surface area contributed by atoms with E-state index in [-0.39, 0.29) is 11.9 Å². The number of rotatable bonds is 4. The summed E-state index contributed by atoms with van der Waals surface area (Å²) in [5.74, 6) is 0.0467. The van der Waals surface area contributed by atoms with Gasteiger partial charge in [0.05, 0.1) is 54.0 Å². The Morgan fingerprint density at radius 1 is 1.27 bits per heavy atom. The normalized spacial score (nSPS) is 16.6. The van der Waals surface area contributed by atoms with Gasteiger partial charge in [0, 0.05) is 7.05 Å². The van der Waals surface area contributed by atoms with E-state index in [9.17, 15) is 4.79 Å². The Morgan fingerprint density at radius 2 is 1.92 bits per heavy atom. The molecule has 2 N–H and O–H groups in total. The minimum atomic E-state index is -0.109. The third-order valence-electron chi connectivity index (χ3n) is 5.36. The molecular formula is C19H27ClN5O+. The van der Waals surface area contributed by atoms with E-state index < -0.39 is 0 Å². The summed E-state index contributed by atoms with van der Waals surface area (Å²) < 4.78 is 1.80. The molecule has 1 aromatic heterocycles. The van der Waals surface area contributed by atoms with Gasteiger partial charge in [0.25, 0.3) is 5.91 Å². The Morgan fingerprint density at radius 3 is 2.50 bits per heavy atom. The molecule has 1 fully saturated rings. The number of aryl methyl sites for hydroxylation is 2. The average molecular weight is 377 g/mol. The Balaban J connectivity index is 1.60. The standard InChI is InChI=1S/C19H26ClN5O/c1-13-18(14(2)23(4)22-13)21-19(26)15(3)24-9-11-25(12-10-24)17-8-6-5-7-16(17)20/h5-8,15H,9-12H2,1-4H3,(H,21,26)/p+1/t15-/m1/s1. The monoisotopic (exact) mass is 376 g/mol. The first-order valence-electron chi connectivity index (χ1n) is 9.03. The molecule has 0 spiro atoms. The predicted octanol–water partition coefficient (Wildman–Crippen LogP) is 1.42. The summed E-state index contributed by atoms with van der Waals surface area (Å²) in [5.41, 5.74) is 3.73. The van der Waals surface area contributed by atoms with Crippen molar-refractivity contribution in [2.75, 3.05) is 36.4 Å². The van der Waals surface area contributed by atoms with Gasteiger partial charge < -0.3 is 15.1 Å². The summed E-state index contributed by atoms with van der Waals surface area (Å²) in [4.78, 5) is 16.3. The topological polar surface area (TPSA) is 54.6 Å². The summed E-state index contributed by atoms with van der Waals surface area (Å²) in [7, 11) is 1.89. The number of hydrogen-bond donors (Lipinski definition) is 2. The number of quaternary nitrogens is 1. The molecule has 2 aromatic rings. The van der Waals surface area contributed by atoms with Gasteiger partial charge in [-0.25, -0.2) is 0 Å². The molecule has 140 valence electrons. The van der Waals surface area contributed by atoms with Crippen LogP contribution in [0.1, 0.15) is 18.3 Å². The molecule has 0 saturated carbocycles. The van der Waals surface area contributed by atoms with Crippen LogP contribution in [0.4, 0.5) is 11.4 Å². The number of para-hydroxylation sites is 1. The van der Waals surface area contributed by atoms with Crippen LogP contribution in [0.5, 0.6) is 0 Å². The number of benzene rings is 1. The zero-order valence-electron chi connectivity index (χ0n) is 15.8. The summed E-state index contributed by atoms with van der Waals surface area (Å²) in [6, 6.07) is 7.82. The highest BCUT2D eigenvalue weighted by Gasteiger charge is 2.30. The smallest absolute Gasteiger partial charge is 0.282 e. The number of carbonyl (C=O) groups is 1. The number of hydrogen-bond acceptors (Lipinski definition) is 3. The fraction of sp³-hybridized carbons (Fsp3) is 0.474. The van der Waals surface area contributed by atoms with Crippen LogP contribution in [-0.4, -0.2) is 47.9 Å². The molecule has 7 heteroatoms. The lowest BCUT2D eigenvalue weighted by atomic mass is 10.2. The van der Waals surface area contributed by atoms with Crippen LogP contribution >= 0.6 is 11.6 Å². The molecule has 1 aliphatic heterocycles. The van der Waals surface area contributed by atoms with Crippen molar-refractivity contribution in [2.45, 2.75) is 26.8 Å². The highest BCUT2D eigenvalue weighted by Crippen LogP contribution is 2.25. The number of amides is 1. The lowest BCUT2D eigenvalue weighted by Gasteiger charge is -2.36. The second-order valence-corrected chi connectivity index (χ2v) is 7.38. The summed E-state index contributed by atoms with van der Waals surface area (Å²) in [6.45, 7) is 9.48. The van der Waals surface area contributed by atoms with Gasteiger partial charge in [0.15, 0.2) is 6.04 Å². The lowest BCUT2D eigenvalue weighted by molar-refractivity contribution is -0.914. The Kier molecular flexibility index (Phi) is 5.53. The molecule has 1 amide bonds. The van der Waals surface area contributed by atoms with E-state index in [4.69, 9.17) is 11.6 Å². The number of halogens is 1. The predicted molar refractivity (Wildman–Crippen MR) is 105 cm³/mol. The van der Waals surface area contributed by atoms with Crippen LogP contribution in [0.15, 0.2) is 24.3 Å². The van der Waals surface area contributed by atoms with Gasteiger partial charge in [-0.1, -0.05) is 23.7 Å². The molecule has 0 bridgehead atoms. The molecule has 0 unspecified atom stereocenters. The quantitative estimate of drug-likeness (QED) is 0.848. The minimum Gasteiger partial charge on any atom is -0.359 e. The van der Waals surface area contributed by atoms with E-state index in [2.05, 4.69) is 21.4 Å². The number of aromatic nitrogens is 2. The van der Waals surface area contributed by atoms with E-state index in [0.717, 1.165) is 54.0 Å². The van der Waals surface area contributed by atoms with Crippen molar-refractivity contribution in [1.82, 2.24) is 9.78 Å². The molecule has 0 radical (unpaired) electrons. The van der Waals surface area contributed by atoms with Crippen molar-refractivity contribution in [2.24, 2.45) is 7.05 Å². The van der Waals surface area contributed by atoms with Crippen LogP contribution in [-0.2, 0) is 11.8 Å². The highest BCUT2D eigenvalue weighted by atomic mass is 35.5. The number of nitrogens with zero attached hydrogens (tertiary/aromatic N) is 3. The minimum absolute atomic E-state index is 0.0467. The number of piperazine rings is 1. The van der Waals surface area contributed by atoms with Gasteiger partial charge in [0.2, 0.25) is 0 Å². The van der Waals surface area contributed by atoms with Crippen LogP contribution in [0.3, 0.4) is 0 Å². The first kappa shape index (κ1) is 18.7. The van der Waals surface area contributed by atoms with Crippen LogP contribution in [0.25, 0.3) is 0 Å². The number of carbonyl (C=O) groups excluding carboxylic acids is 1. The fourth-order valence-electron chi connectivity index (χ4n) is 3.55. The van der Waals surface area contributed by atoms with Gasteiger partial charge in [-0.3, -0.25) is 9.48 Å². The molecule has 1 aliphatic rings. The van der Waals surface area contributed by atoms with Crippen molar-refractivity contribution in [1.29, 1.82) is 0 Å². The molecule has 0 aliphatic carbocycles. The molecule has 6 nitrogen and oxygen atoms in total. The summed E-state index contributed by atoms with van der Waals surface area (Å²) >= 11 is 6.31. The first-order valence-corrected chi connectivity index (χ1v) is 9.41. The maximum atomic E-state index is 12.7. The zero-order chi connectivity index (χ0) is 18.8. The van der Waals surface area contributed by atoms with Crippen molar-refractivity contribution < 1.29 is 9.69 Å². The van der Waals surface area contributed by atoms with Gasteiger partial charge >= 0.3 is 0 Å². The third-order valence-corrected chi connectivity index (χ3v) is 5.68. The molecule has 3 rings (SSSR count). The van der Waals surface area contributed by atoms with Gasteiger partial charge in [-0.15, -0.1) is 0 Å². The van der Waals surface area contributed by atoms with Crippen LogP contribution in [0, 0.1) is 13.8 Å². The van der Waals surface area contributed by atoms with E-state index >= 15 is 0 Å². The van der Waals surface area contributed by atoms with Crippen molar-refractivity contribution >= 4 is 28.9 Å². The van der Waals surface area contributed by atoms with E-state index in [1.54, 1.807) is 4.68 Å². The molecular weight excluding hydrogens is 350 g/mol. The SMILES string of the molecule is Cc1nn(C)c(C)c1NC(=O)[C@@H](C)[NH+]1CCN(c2ccccc2Cl)CC1. The molecule has 1 aromatic carbocycles. The van der Waals surface area contributed by atoms with E-state index in [1.165, 1.54) is 4.90 Å². The number of nitrogens with one attached hydrogen (secondary N) is 2. The lowest BCUT2D eigenvalue weighted by Crippen LogP contribution is -3.19. The van der Waals surface area contributed by atoms with Crippen LogP contribution < -0.4 is 15.1 Å². The van der Waals surface area contributed by atoms with Gasteiger partial charge in [-0.05, 0) is 32.9 Å². The Labute approximate surface area is 159 Å². The summed E-state index contributed by atoms with van der Waals surface area (Å²) in [6.07, 6.45) is 0. The highest BCUT2D eigenvalue weighted by molar-refractivity contribution is 6.33. The fourth-order valence-corrected chi connectivity index (χ4v) is 3.80. The molecule has 1 saturated heterocycles. The number of anilines is 2. The Bertz CT molecular complexity index is 795. The molecule has 1 atom stereocenters. The molecule has 26 heavy (non-hydrogen) atoms.